The number of nitrogens with one attached hydrogen (secondary N) is 1. The lowest BCUT2D eigenvalue weighted by Gasteiger charge is -2.09. The first-order valence-corrected chi connectivity index (χ1v) is 9.31. The van der Waals surface area contributed by atoms with Gasteiger partial charge in [0.15, 0.2) is 5.75 Å². The largest absolute Gasteiger partial charge is 0.485 e. The minimum absolute atomic E-state index is 0.0386. The summed E-state index contributed by atoms with van der Waals surface area (Å²) in [6.45, 7) is 5.96. The molecule has 0 aliphatic carbocycles. The number of benzene rings is 2. The highest BCUT2D eigenvalue weighted by atomic mass is 16.6. The van der Waals surface area contributed by atoms with Crippen LogP contribution in [0.2, 0.25) is 0 Å². The second kappa shape index (κ2) is 10.4. The second-order valence-corrected chi connectivity index (χ2v) is 6.90. The smallest absolute Gasteiger partial charge is 0.311 e. The zero-order valence-corrected chi connectivity index (χ0v) is 16.4. The Balaban J connectivity index is 1.74. The summed E-state index contributed by atoms with van der Waals surface area (Å²) < 4.78 is 5.53. The van der Waals surface area contributed by atoms with Gasteiger partial charge in [0, 0.05) is 12.6 Å². The number of ether oxygens (including phenoxy) is 1. The third-order valence-corrected chi connectivity index (χ3v) is 4.24. The molecule has 0 saturated heterocycles. The lowest BCUT2D eigenvalue weighted by Crippen LogP contribution is -2.22. The van der Waals surface area contributed by atoms with Gasteiger partial charge in [-0.15, -0.1) is 0 Å². The average Bonchev–Trinajstić information content (AvgIpc) is 2.60. The van der Waals surface area contributed by atoms with Crippen LogP contribution in [0, 0.1) is 24.0 Å². The van der Waals surface area contributed by atoms with Gasteiger partial charge in [-0.3, -0.25) is 14.9 Å². The number of nitrogens with two attached hydrogens (primary N) is 1. The third-order valence-electron chi connectivity index (χ3n) is 4.24. The Morgan fingerprint density at radius 3 is 2.46 bits per heavy atom. The molecule has 3 N–H and O–H groups in total. The molecule has 1 amide bonds. The zero-order chi connectivity index (χ0) is 20.5. The molecule has 150 valence electrons. The molecule has 7 heteroatoms. The monoisotopic (exact) mass is 385 g/mol. The van der Waals surface area contributed by atoms with Crippen molar-refractivity contribution in [2.24, 2.45) is 5.73 Å². The van der Waals surface area contributed by atoms with Crippen LogP contribution in [-0.4, -0.2) is 30.5 Å². The summed E-state index contributed by atoms with van der Waals surface area (Å²) in [5.74, 6) is -0.344. The van der Waals surface area contributed by atoms with Gasteiger partial charge in [0.25, 0.3) is 0 Å². The molecule has 0 aliphatic rings. The third kappa shape index (κ3) is 7.00. The van der Waals surface area contributed by atoms with Gasteiger partial charge in [0.05, 0.1) is 11.3 Å². The van der Waals surface area contributed by atoms with Crippen LogP contribution in [0.3, 0.4) is 0 Å². The molecule has 0 bridgehead atoms. The van der Waals surface area contributed by atoms with Crippen molar-refractivity contribution < 1.29 is 14.5 Å². The van der Waals surface area contributed by atoms with Crippen molar-refractivity contribution in [3.63, 3.8) is 0 Å². The highest BCUT2D eigenvalue weighted by Gasteiger charge is 2.16. The van der Waals surface area contributed by atoms with Crippen molar-refractivity contribution in [1.82, 2.24) is 5.32 Å². The van der Waals surface area contributed by atoms with E-state index in [1.54, 1.807) is 6.07 Å². The van der Waals surface area contributed by atoms with Gasteiger partial charge in [-0.25, -0.2) is 0 Å². The van der Waals surface area contributed by atoms with E-state index in [2.05, 4.69) is 37.4 Å². The number of hydrogen-bond donors (Lipinski definition) is 2. The van der Waals surface area contributed by atoms with Gasteiger partial charge in [-0.05, 0) is 50.4 Å². The van der Waals surface area contributed by atoms with Gasteiger partial charge in [-0.1, -0.05) is 35.4 Å². The molecule has 0 radical (unpaired) electrons. The number of nitrogens with zero attached hydrogens (tertiary/aromatic N) is 1. The standard InChI is InChI=1S/C21H27N3O4/c1-15-10-16(2)12-17(11-15)4-3-7-23-8-9-28-20-6-5-18(14-21(22)25)13-19(20)24(26)27/h5-6,10-13,23H,3-4,7-9,14H2,1-2H3,(H2,22,25). The summed E-state index contributed by atoms with van der Waals surface area (Å²) in [5.41, 5.74) is 9.36. The van der Waals surface area contributed by atoms with Gasteiger partial charge in [0.2, 0.25) is 5.91 Å². The van der Waals surface area contributed by atoms with E-state index in [9.17, 15) is 14.9 Å². The summed E-state index contributed by atoms with van der Waals surface area (Å²) in [5, 5.41) is 14.5. The predicted octanol–water partition coefficient (Wildman–Crippen LogP) is 2.84. The zero-order valence-electron chi connectivity index (χ0n) is 16.4. The molecule has 2 aromatic carbocycles. The van der Waals surface area contributed by atoms with E-state index in [0.717, 1.165) is 19.4 Å². The van der Waals surface area contributed by atoms with Gasteiger partial charge < -0.3 is 15.8 Å². The highest BCUT2D eigenvalue weighted by molar-refractivity contribution is 5.77. The topological polar surface area (TPSA) is 107 Å². The van der Waals surface area contributed by atoms with Crippen LogP contribution in [0.25, 0.3) is 0 Å². The van der Waals surface area contributed by atoms with Crippen LogP contribution in [0.1, 0.15) is 28.7 Å². The average molecular weight is 385 g/mol. The van der Waals surface area contributed by atoms with E-state index in [1.165, 1.54) is 28.8 Å². The molecule has 7 nitrogen and oxygen atoms in total. The first-order chi connectivity index (χ1) is 13.3. The number of aryl methyl sites for hydroxylation is 3. The van der Waals surface area contributed by atoms with Crippen molar-refractivity contribution >= 4 is 11.6 Å². The molecule has 0 aromatic heterocycles. The quantitative estimate of drug-likeness (QED) is 0.351. The minimum atomic E-state index is -0.534. The molecule has 28 heavy (non-hydrogen) atoms. The Bertz CT molecular complexity index is 816. The van der Waals surface area contributed by atoms with E-state index in [-0.39, 0.29) is 17.9 Å². The molecule has 0 aliphatic heterocycles. The van der Waals surface area contributed by atoms with Gasteiger partial charge >= 0.3 is 5.69 Å². The lowest BCUT2D eigenvalue weighted by molar-refractivity contribution is -0.385. The summed E-state index contributed by atoms with van der Waals surface area (Å²) in [6, 6.07) is 11.0. The first-order valence-electron chi connectivity index (χ1n) is 9.31. The van der Waals surface area contributed by atoms with E-state index >= 15 is 0 Å². The predicted molar refractivity (Wildman–Crippen MR) is 109 cm³/mol. The Kier molecular flexibility index (Phi) is 7.95. The van der Waals surface area contributed by atoms with E-state index in [4.69, 9.17) is 10.5 Å². The molecular weight excluding hydrogens is 358 g/mol. The summed E-state index contributed by atoms with van der Waals surface area (Å²) in [4.78, 5) is 21.7. The molecular formula is C21H27N3O4. The molecule has 0 unspecified atom stereocenters. The van der Waals surface area contributed by atoms with Gasteiger partial charge in [0.1, 0.15) is 6.61 Å². The van der Waals surface area contributed by atoms with Crippen molar-refractivity contribution in [3.8, 4) is 5.75 Å². The molecule has 0 saturated carbocycles. The van der Waals surface area contributed by atoms with Crippen molar-refractivity contribution in [3.05, 3.63) is 68.8 Å². The Morgan fingerprint density at radius 1 is 1.11 bits per heavy atom. The Labute approximate surface area is 165 Å². The molecule has 0 spiro atoms. The second-order valence-electron chi connectivity index (χ2n) is 6.90. The fourth-order valence-corrected chi connectivity index (χ4v) is 3.13. The normalized spacial score (nSPS) is 10.6. The number of nitro groups is 1. The molecule has 0 fully saturated rings. The fourth-order valence-electron chi connectivity index (χ4n) is 3.13. The maximum Gasteiger partial charge on any atom is 0.311 e. The Morgan fingerprint density at radius 2 is 1.82 bits per heavy atom. The number of rotatable bonds is 11. The maximum atomic E-state index is 11.2. The summed E-state index contributed by atoms with van der Waals surface area (Å²) >= 11 is 0. The summed E-state index contributed by atoms with van der Waals surface area (Å²) in [6.07, 6.45) is 1.97. The SMILES string of the molecule is Cc1cc(C)cc(CCCNCCOc2ccc(CC(N)=O)cc2[N+](=O)[O-])c1. The van der Waals surface area contributed by atoms with Crippen LogP contribution in [0.5, 0.6) is 5.75 Å². The number of hydrogen-bond acceptors (Lipinski definition) is 5. The number of carbonyl (C=O) groups is 1. The van der Waals surface area contributed by atoms with Gasteiger partial charge in [-0.2, -0.15) is 0 Å². The van der Waals surface area contributed by atoms with Crippen molar-refractivity contribution in [1.29, 1.82) is 0 Å². The molecule has 0 heterocycles. The van der Waals surface area contributed by atoms with E-state index in [1.807, 2.05) is 0 Å². The number of amides is 1. The molecule has 2 rings (SSSR count). The maximum absolute atomic E-state index is 11.2. The fraction of sp³-hybridized carbons (Fsp3) is 0.381. The summed E-state index contributed by atoms with van der Waals surface area (Å²) in [7, 11) is 0. The van der Waals surface area contributed by atoms with E-state index in [0.29, 0.717) is 18.7 Å². The van der Waals surface area contributed by atoms with Crippen molar-refractivity contribution in [2.45, 2.75) is 33.1 Å². The molecule has 0 atom stereocenters. The number of nitro benzene ring substituents is 1. The van der Waals surface area contributed by atoms with Crippen LogP contribution in [-0.2, 0) is 17.6 Å². The first kappa shape index (κ1) is 21.4. The van der Waals surface area contributed by atoms with Crippen LogP contribution in [0.15, 0.2) is 36.4 Å². The lowest BCUT2D eigenvalue weighted by atomic mass is 10.0. The number of primary amides is 1. The van der Waals surface area contributed by atoms with Crippen LogP contribution in [0.4, 0.5) is 5.69 Å². The van der Waals surface area contributed by atoms with Crippen molar-refractivity contribution in [2.75, 3.05) is 19.7 Å². The van der Waals surface area contributed by atoms with Crippen LogP contribution >= 0.6 is 0 Å². The Hall–Kier alpha value is -2.93. The minimum Gasteiger partial charge on any atom is -0.485 e. The van der Waals surface area contributed by atoms with E-state index < -0.39 is 10.8 Å². The highest BCUT2D eigenvalue weighted by Crippen LogP contribution is 2.28. The number of carbonyl (C=O) groups excluding carboxylic acids is 1. The van der Waals surface area contributed by atoms with Crippen LogP contribution < -0.4 is 15.8 Å². The molecule has 2 aromatic rings.